The Bertz CT molecular complexity index is 152. The van der Waals surface area contributed by atoms with Gasteiger partial charge >= 0.3 is 0 Å². The van der Waals surface area contributed by atoms with E-state index in [2.05, 4.69) is 19.2 Å². The molecule has 2 nitrogen and oxygen atoms in total. The van der Waals surface area contributed by atoms with Crippen molar-refractivity contribution in [2.75, 3.05) is 26.8 Å². The molecule has 0 bridgehead atoms. The first-order chi connectivity index (χ1) is 6.68. The van der Waals surface area contributed by atoms with E-state index in [9.17, 15) is 0 Å². The predicted octanol–water partition coefficient (Wildman–Crippen LogP) is 2.44. The molecule has 0 saturated heterocycles. The fraction of sp³-hybridized carbons (Fsp3) is 1.00. The molecule has 0 aromatic rings. The average Bonchev–Trinajstić information content (AvgIpc) is 2.85. The monoisotopic (exact) mass is 199 g/mol. The number of hydrogen-bond acceptors (Lipinski definition) is 2. The molecular formula is C12H25NO. The van der Waals surface area contributed by atoms with Crippen LogP contribution in [-0.4, -0.2) is 26.8 Å². The van der Waals surface area contributed by atoms with Gasteiger partial charge in [0.2, 0.25) is 0 Å². The van der Waals surface area contributed by atoms with Gasteiger partial charge in [-0.15, -0.1) is 0 Å². The summed E-state index contributed by atoms with van der Waals surface area (Å²) in [5.74, 6) is 0.768. The van der Waals surface area contributed by atoms with Crippen LogP contribution in [0, 0.1) is 11.3 Å². The highest BCUT2D eigenvalue weighted by Gasteiger charge is 2.41. The van der Waals surface area contributed by atoms with Crippen molar-refractivity contribution in [2.45, 2.75) is 39.5 Å². The van der Waals surface area contributed by atoms with Crippen LogP contribution in [0.25, 0.3) is 0 Å². The van der Waals surface area contributed by atoms with E-state index in [1.807, 2.05) is 0 Å². The Morgan fingerprint density at radius 2 is 2.07 bits per heavy atom. The molecule has 1 rings (SSSR count). The molecule has 1 saturated carbocycles. The van der Waals surface area contributed by atoms with E-state index < -0.39 is 0 Å². The second-order valence-electron chi connectivity index (χ2n) is 5.12. The van der Waals surface area contributed by atoms with Crippen molar-refractivity contribution in [1.29, 1.82) is 0 Å². The lowest BCUT2D eigenvalue weighted by atomic mass is 10.0. The number of nitrogens with one attached hydrogen (secondary N) is 1. The summed E-state index contributed by atoms with van der Waals surface area (Å²) in [4.78, 5) is 0. The van der Waals surface area contributed by atoms with Crippen LogP contribution in [0.5, 0.6) is 0 Å². The molecule has 1 N–H and O–H groups in total. The quantitative estimate of drug-likeness (QED) is 0.606. The van der Waals surface area contributed by atoms with Crippen LogP contribution in [0.4, 0.5) is 0 Å². The number of ether oxygens (including phenoxy) is 1. The lowest BCUT2D eigenvalue weighted by molar-refractivity contribution is 0.184. The zero-order valence-electron chi connectivity index (χ0n) is 9.94. The Morgan fingerprint density at radius 3 is 2.57 bits per heavy atom. The van der Waals surface area contributed by atoms with Crippen LogP contribution < -0.4 is 5.32 Å². The van der Waals surface area contributed by atoms with Gasteiger partial charge in [0.1, 0.15) is 0 Å². The van der Waals surface area contributed by atoms with E-state index in [0.717, 1.165) is 19.1 Å². The second kappa shape index (κ2) is 5.72. The van der Waals surface area contributed by atoms with E-state index in [4.69, 9.17) is 4.74 Å². The smallest absolute Gasteiger partial charge is 0.0462 e. The third-order valence-corrected chi connectivity index (χ3v) is 3.07. The third-order valence-electron chi connectivity index (χ3n) is 3.07. The van der Waals surface area contributed by atoms with Crippen molar-refractivity contribution in [3.63, 3.8) is 0 Å². The van der Waals surface area contributed by atoms with Gasteiger partial charge in [-0.2, -0.15) is 0 Å². The van der Waals surface area contributed by atoms with Gasteiger partial charge in [-0.05, 0) is 43.6 Å². The fourth-order valence-corrected chi connectivity index (χ4v) is 1.91. The zero-order chi connectivity index (χ0) is 10.4. The molecule has 1 aliphatic rings. The SMILES string of the molecule is COCCCC1(CNCC(C)C)CC1. The maximum absolute atomic E-state index is 5.09. The lowest BCUT2D eigenvalue weighted by Crippen LogP contribution is -2.27. The van der Waals surface area contributed by atoms with Crippen molar-refractivity contribution < 1.29 is 4.74 Å². The second-order valence-corrected chi connectivity index (χ2v) is 5.12. The number of methoxy groups -OCH3 is 1. The Hall–Kier alpha value is -0.0800. The summed E-state index contributed by atoms with van der Waals surface area (Å²) in [5.41, 5.74) is 0.646. The van der Waals surface area contributed by atoms with Crippen LogP contribution in [0.15, 0.2) is 0 Å². The third kappa shape index (κ3) is 4.43. The van der Waals surface area contributed by atoms with E-state index in [1.165, 1.54) is 32.2 Å². The molecule has 1 aliphatic carbocycles. The van der Waals surface area contributed by atoms with Crippen molar-refractivity contribution in [3.8, 4) is 0 Å². The van der Waals surface area contributed by atoms with E-state index in [1.54, 1.807) is 7.11 Å². The summed E-state index contributed by atoms with van der Waals surface area (Å²) in [5, 5.41) is 3.57. The lowest BCUT2D eigenvalue weighted by Gasteiger charge is -2.16. The van der Waals surface area contributed by atoms with E-state index in [0.29, 0.717) is 5.41 Å². The highest BCUT2D eigenvalue weighted by Crippen LogP contribution is 2.48. The standard InChI is InChI=1S/C12H25NO/c1-11(2)9-13-10-12(6-7-12)5-4-8-14-3/h11,13H,4-10H2,1-3H3. The van der Waals surface area contributed by atoms with Crippen LogP contribution in [-0.2, 0) is 4.74 Å². The maximum atomic E-state index is 5.09. The highest BCUT2D eigenvalue weighted by atomic mass is 16.5. The summed E-state index contributed by atoms with van der Waals surface area (Å²) in [7, 11) is 1.79. The van der Waals surface area contributed by atoms with Crippen LogP contribution in [0.2, 0.25) is 0 Å². The van der Waals surface area contributed by atoms with Crippen LogP contribution in [0.1, 0.15) is 39.5 Å². The molecule has 0 spiro atoms. The van der Waals surface area contributed by atoms with Crippen LogP contribution in [0.3, 0.4) is 0 Å². The minimum atomic E-state index is 0.646. The van der Waals surface area contributed by atoms with Crippen LogP contribution >= 0.6 is 0 Å². The first-order valence-electron chi connectivity index (χ1n) is 5.88. The molecule has 0 amide bonds. The largest absolute Gasteiger partial charge is 0.385 e. The van der Waals surface area contributed by atoms with Crippen molar-refractivity contribution in [1.82, 2.24) is 5.32 Å². The van der Waals surface area contributed by atoms with Gasteiger partial charge in [0, 0.05) is 20.3 Å². The molecule has 0 aromatic heterocycles. The summed E-state index contributed by atoms with van der Waals surface area (Å²) >= 11 is 0. The molecule has 0 unspecified atom stereocenters. The molecule has 0 atom stereocenters. The molecule has 0 heterocycles. The van der Waals surface area contributed by atoms with Gasteiger partial charge in [0.05, 0.1) is 0 Å². The van der Waals surface area contributed by atoms with Gasteiger partial charge in [-0.1, -0.05) is 13.8 Å². The summed E-state index contributed by atoms with van der Waals surface area (Å²) in [6.07, 6.45) is 5.40. The van der Waals surface area contributed by atoms with Crippen molar-refractivity contribution in [3.05, 3.63) is 0 Å². The summed E-state index contributed by atoms with van der Waals surface area (Å²) in [6, 6.07) is 0. The van der Waals surface area contributed by atoms with Gasteiger partial charge in [0.25, 0.3) is 0 Å². The first-order valence-corrected chi connectivity index (χ1v) is 5.88. The van der Waals surface area contributed by atoms with Gasteiger partial charge < -0.3 is 10.1 Å². The number of hydrogen-bond donors (Lipinski definition) is 1. The van der Waals surface area contributed by atoms with E-state index in [-0.39, 0.29) is 0 Å². The Balaban J connectivity index is 2.03. The molecule has 14 heavy (non-hydrogen) atoms. The summed E-state index contributed by atoms with van der Waals surface area (Å²) < 4.78 is 5.09. The molecule has 0 aromatic carbocycles. The molecule has 0 radical (unpaired) electrons. The Morgan fingerprint density at radius 1 is 1.36 bits per heavy atom. The molecule has 0 aliphatic heterocycles. The first kappa shape index (κ1) is 12.0. The predicted molar refractivity (Wildman–Crippen MR) is 60.5 cm³/mol. The Kier molecular flexibility index (Phi) is 4.90. The normalized spacial score (nSPS) is 18.9. The fourth-order valence-electron chi connectivity index (χ4n) is 1.91. The Labute approximate surface area is 88.4 Å². The highest BCUT2D eigenvalue weighted by molar-refractivity contribution is 4.94. The van der Waals surface area contributed by atoms with Crippen molar-refractivity contribution >= 4 is 0 Å². The topological polar surface area (TPSA) is 21.3 Å². The van der Waals surface area contributed by atoms with Gasteiger partial charge in [-0.3, -0.25) is 0 Å². The minimum Gasteiger partial charge on any atom is -0.385 e. The zero-order valence-corrected chi connectivity index (χ0v) is 9.94. The molecule has 84 valence electrons. The van der Waals surface area contributed by atoms with E-state index >= 15 is 0 Å². The molecule has 1 fully saturated rings. The van der Waals surface area contributed by atoms with Gasteiger partial charge in [0.15, 0.2) is 0 Å². The summed E-state index contributed by atoms with van der Waals surface area (Å²) in [6.45, 7) is 7.82. The molecular weight excluding hydrogens is 174 g/mol. The molecule has 2 heteroatoms. The van der Waals surface area contributed by atoms with Crippen molar-refractivity contribution in [2.24, 2.45) is 11.3 Å². The minimum absolute atomic E-state index is 0.646. The average molecular weight is 199 g/mol. The number of rotatable bonds is 8. The maximum Gasteiger partial charge on any atom is 0.0462 e. The van der Waals surface area contributed by atoms with Gasteiger partial charge in [-0.25, -0.2) is 0 Å².